The van der Waals surface area contributed by atoms with Crippen molar-refractivity contribution < 1.29 is 8.42 Å². The molecule has 0 unspecified atom stereocenters. The van der Waals surface area contributed by atoms with E-state index in [2.05, 4.69) is 20.2 Å². The number of sulfonamides is 1. The summed E-state index contributed by atoms with van der Waals surface area (Å²) in [6.45, 7) is 6.66. The Kier molecular flexibility index (Phi) is 5.55. The van der Waals surface area contributed by atoms with Crippen LogP contribution in [0.2, 0.25) is 0 Å². The molecule has 0 aliphatic carbocycles. The number of hydrogen-bond acceptors (Lipinski definition) is 6. The van der Waals surface area contributed by atoms with Crippen molar-refractivity contribution in [3.8, 4) is 0 Å². The third-order valence-corrected chi connectivity index (χ3v) is 6.57. The highest BCUT2D eigenvalue weighted by Crippen LogP contribution is 2.22. The summed E-state index contributed by atoms with van der Waals surface area (Å²) < 4.78 is 27.8. The molecule has 0 radical (unpaired) electrons. The fraction of sp³-hybridized carbons (Fsp3) is 0.444. The predicted molar refractivity (Wildman–Crippen MR) is 102 cm³/mol. The molecular weight excluding hydrogens is 350 g/mol. The van der Waals surface area contributed by atoms with Crippen LogP contribution in [0.25, 0.3) is 0 Å². The minimum Gasteiger partial charge on any atom is -0.364 e. The highest BCUT2D eigenvalue weighted by atomic mass is 32.2. The van der Waals surface area contributed by atoms with Gasteiger partial charge in [-0.1, -0.05) is 18.2 Å². The molecule has 3 rings (SSSR count). The summed E-state index contributed by atoms with van der Waals surface area (Å²) in [5, 5.41) is 3.23. The first-order valence-electron chi connectivity index (χ1n) is 8.68. The van der Waals surface area contributed by atoms with Crippen LogP contribution in [-0.2, 0) is 16.6 Å². The third-order valence-electron chi connectivity index (χ3n) is 4.57. The quantitative estimate of drug-likeness (QED) is 0.856. The maximum Gasteiger partial charge on any atom is 0.243 e. The second-order valence-corrected chi connectivity index (χ2v) is 8.52. The molecule has 0 amide bonds. The average molecular weight is 375 g/mol. The van der Waals surface area contributed by atoms with E-state index in [9.17, 15) is 8.42 Å². The maximum atomic E-state index is 13.1. The Morgan fingerprint density at radius 2 is 1.81 bits per heavy atom. The number of piperazine rings is 1. The van der Waals surface area contributed by atoms with Gasteiger partial charge >= 0.3 is 0 Å². The van der Waals surface area contributed by atoms with E-state index in [0.717, 1.165) is 30.0 Å². The summed E-state index contributed by atoms with van der Waals surface area (Å²) in [5.41, 5.74) is 2.33. The Labute approximate surface area is 155 Å². The van der Waals surface area contributed by atoms with E-state index in [4.69, 9.17) is 0 Å². The highest BCUT2D eigenvalue weighted by molar-refractivity contribution is 7.89. The lowest BCUT2D eigenvalue weighted by molar-refractivity contribution is 0.222. The van der Waals surface area contributed by atoms with Gasteiger partial charge in [-0.2, -0.15) is 4.31 Å². The molecule has 0 saturated carbocycles. The molecule has 0 atom stereocenters. The van der Waals surface area contributed by atoms with E-state index < -0.39 is 10.0 Å². The van der Waals surface area contributed by atoms with Crippen molar-refractivity contribution >= 4 is 15.8 Å². The number of anilines is 1. The summed E-state index contributed by atoms with van der Waals surface area (Å²) in [4.78, 5) is 11.2. The topological polar surface area (TPSA) is 78.4 Å². The van der Waals surface area contributed by atoms with Gasteiger partial charge in [-0.25, -0.2) is 13.4 Å². The van der Waals surface area contributed by atoms with Gasteiger partial charge in [0.05, 0.1) is 16.3 Å². The third kappa shape index (κ3) is 4.03. The van der Waals surface area contributed by atoms with E-state index in [1.54, 1.807) is 22.6 Å². The summed E-state index contributed by atoms with van der Waals surface area (Å²) in [6.07, 6.45) is 1.71. The molecule has 1 aliphatic rings. The smallest absolute Gasteiger partial charge is 0.243 e. The molecule has 26 heavy (non-hydrogen) atoms. The SMILES string of the molecule is Cc1cnc(C)c(NCc2ccccc2S(=O)(=O)N2CCN(C)CC2)n1. The molecule has 8 heteroatoms. The lowest BCUT2D eigenvalue weighted by Gasteiger charge is -2.32. The molecule has 1 saturated heterocycles. The molecule has 1 aromatic carbocycles. The van der Waals surface area contributed by atoms with Crippen LogP contribution >= 0.6 is 0 Å². The maximum absolute atomic E-state index is 13.1. The van der Waals surface area contributed by atoms with E-state index in [1.807, 2.05) is 33.0 Å². The molecule has 1 aromatic heterocycles. The zero-order valence-electron chi connectivity index (χ0n) is 15.4. The number of aromatic nitrogens is 2. The van der Waals surface area contributed by atoms with Gasteiger partial charge in [0.25, 0.3) is 0 Å². The van der Waals surface area contributed by atoms with Crippen LogP contribution in [0.15, 0.2) is 35.4 Å². The summed E-state index contributed by atoms with van der Waals surface area (Å²) in [7, 11) is -1.50. The van der Waals surface area contributed by atoms with Crippen LogP contribution in [0.1, 0.15) is 17.0 Å². The fourth-order valence-corrected chi connectivity index (χ4v) is 4.60. The van der Waals surface area contributed by atoms with Gasteiger partial charge in [0.1, 0.15) is 5.82 Å². The average Bonchev–Trinajstić information content (AvgIpc) is 2.63. The number of aryl methyl sites for hydroxylation is 2. The molecule has 2 aromatic rings. The number of nitrogens with one attached hydrogen (secondary N) is 1. The molecule has 2 heterocycles. The van der Waals surface area contributed by atoms with Crippen molar-refractivity contribution in [3.05, 3.63) is 47.4 Å². The lowest BCUT2D eigenvalue weighted by Crippen LogP contribution is -2.47. The molecule has 0 bridgehead atoms. The van der Waals surface area contributed by atoms with Crippen LogP contribution in [0.4, 0.5) is 5.82 Å². The van der Waals surface area contributed by atoms with Crippen LogP contribution < -0.4 is 5.32 Å². The Bertz CT molecular complexity index is 877. The molecule has 7 nitrogen and oxygen atoms in total. The largest absolute Gasteiger partial charge is 0.364 e. The van der Waals surface area contributed by atoms with Gasteiger partial charge in [0.15, 0.2) is 0 Å². The first-order chi connectivity index (χ1) is 12.4. The second kappa shape index (κ2) is 7.69. The van der Waals surface area contributed by atoms with Crippen molar-refractivity contribution in [1.82, 2.24) is 19.2 Å². The highest BCUT2D eigenvalue weighted by Gasteiger charge is 2.29. The van der Waals surface area contributed by atoms with E-state index in [-0.39, 0.29) is 0 Å². The Morgan fingerprint density at radius 1 is 1.12 bits per heavy atom. The Hall–Kier alpha value is -2.03. The Balaban J connectivity index is 1.83. The van der Waals surface area contributed by atoms with Crippen molar-refractivity contribution in [2.24, 2.45) is 0 Å². The lowest BCUT2D eigenvalue weighted by atomic mass is 10.2. The van der Waals surface area contributed by atoms with E-state index in [1.165, 1.54) is 0 Å². The molecule has 1 fully saturated rings. The van der Waals surface area contributed by atoms with Gasteiger partial charge < -0.3 is 10.2 Å². The molecule has 1 aliphatic heterocycles. The summed E-state index contributed by atoms with van der Waals surface area (Å²) >= 11 is 0. The number of benzene rings is 1. The van der Waals surface area contributed by atoms with E-state index in [0.29, 0.717) is 30.3 Å². The Morgan fingerprint density at radius 3 is 2.54 bits per heavy atom. The standard InChI is InChI=1S/C18H25N5O2S/c1-14-12-19-15(2)18(21-14)20-13-16-6-4-5-7-17(16)26(24,25)23-10-8-22(3)9-11-23/h4-7,12H,8-11,13H2,1-3H3,(H,20,21). The van der Waals surface area contributed by atoms with Gasteiger partial charge in [-0.05, 0) is 32.5 Å². The van der Waals surface area contributed by atoms with Gasteiger partial charge in [0.2, 0.25) is 10.0 Å². The van der Waals surface area contributed by atoms with Crippen molar-refractivity contribution in [3.63, 3.8) is 0 Å². The molecular formula is C18H25N5O2S. The van der Waals surface area contributed by atoms with Gasteiger partial charge in [0, 0.05) is 38.9 Å². The molecule has 0 spiro atoms. The zero-order valence-corrected chi connectivity index (χ0v) is 16.3. The minimum absolute atomic E-state index is 0.357. The van der Waals surface area contributed by atoms with E-state index >= 15 is 0 Å². The first kappa shape index (κ1) is 18.8. The number of rotatable bonds is 5. The fourth-order valence-electron chi connectivity index (χ4n) is 2.95. The number of hydrogen-bond donors (Lipinski definition) is 1. The van der Waals surface area contributed by atoms with Crippen LogP contribution in [0.5, 0.6) is 0 Å². The number of likely N-dealkylation sites (N-methyl/N-ethyl adjacent to an activating group) is 1. The normalized spacial score (nSPS) is 16.6. The minimum atomic E-state index is -3.51. The zero-order chi connectivity index (χ0) is 18.7. The molecule has 140 valence electrons. The van der Waals surface area contributed by atoms with Crippen LogP contribution in [-0.4, -0.2) is 60.8 Å². The van der Waals surface area contributed by atoms with Gasteiger partial charge in [-0.15, -0.1) is 0 Å². The van der Waals surface area contributed by atoms with Crippen molar-refractivity contribution in [1.29, 1.82) is 0 Å². The van der Waals surface area contributed by atoms with Crippen molar-refractivity contribution in [2.75, 3.05) is 38.5 Å². The van der Waals surface area contributed by atoms with Gasteiger partial charge in [-0.3, -0.25) is 4.98 Å². The predicted octanol–water partition coefficient (Wildman–Crippen LogP) is 1.64. The summed E-state index contributed by atoms with van der Waals surface area (Å²) in [5.74, 6) is 0.678. The monoisotopic (exact) mass is 375 g/mol. The molecule has 1 N–H and O–H groups in total. The van der Waals surface area contributed by atoms with Crippen LogP contribution in [0, 0.1) is 13.8 Å². The first-order valence-corrected chi connectivity index (χ1v) is 10.1. The second-order valence-electron chi connectivity index (χ2n) is 6.61. The number of nitrogens with zero attached hydrogens (tertiary/aromatic N) is 4. The summed E-state index contributed by atoms with van der Waals surface area (Å²) in [6, 6.07) is 7.15. The van der Waals surface area contributed by atoms with Crippen molar-refractivity contribution in [2.45, 2.75) is 25.3 Å². The van der Waals surface area contributed by atoms with Crippen LogP contribution in [0.3, 0.4) is 0 Å².